The van der Waals surface area contributed by atoms with Crippen molar-refractivity contribution in [2.75, 3.05) is 5.32 Å². The molecule has 3 aromatic carbocycles. The van der Waals surface area contributed by atoms with Crippen molar-refractivity contribution >= 4 is 11.8 Å². The van der Waals surface area contributed by atoms with Crippen LogP contribution in [0.1, 0.15) is 54.5 Å². The van der Waals surface area contributed by atoms with Crippen LogP contribution in [0.4, 0.5) is 5.82 Å². The van der Waals surface area contributed by atoms with E-state index < -0.39 is 11.9 Å². The monoisotopic (exact) mass is 544 g/mol. The molecule has 0 spiro atoms. The second-order valence-electron chi connectivity index (χ2n) is 10.1. The molecule has 0 aliphatic heterocycles. The van der Waals surface area contributed by atoms with Crippen LogP contribution in [-0.4, -0.2) is 26.0 Å². The Labute approximate surface area is 239 Å². The van der Waals surface area contributed by atoms with Crippen LogP contribution in [0.2, 0.25) is 0 Å². The fraction of sp³-hybridized carbons (Fsp3) is 0.176. The van der Waals surface area contributed by atoms with Gasteiger partial charge < -0.3 is 15.2 Å². The van der Waals surface area contributed by atoms with Crippen molar-refractivity contribution in [1.29, 1.82) is 0 Å². The number of hydrogen-bond acceptors (Lipinski definition) is 6. The molecule has 0 bridgehead atoms. The molecule has 2 heterocycles. The summed E-state index contributed by atoms with van der Waals surface area (Å²) in [7, 11) is 0. The molecule has 0 amide bonds. The number of carboxylic acids is 1. The van der Waals surface area contributed by atoms with E-state index in [2.05, 4.69) is 58.4 Å². The van der Waals surface area contributed by atoms with Crippen molar-refractivity contribution in [2.45, 2.75) is 38.6 Å². The van der Waals surface area contributed by atoms with E-state index in [1.54, 1.807) is 18.5 Å². The Balaban J connectivity index is 1.29. The standard InChI is InChI=1S/C34H32N4O3/c1-23(2)25-8-10-26(11-9-25)27-12-14-28(15-13-27)30(21-33(39)40)31-18-20-36-34(38-31)41-29-16-6-24(7-17-29)22-37-32-5-3-4-19-35-32/h3-20,23,30H,21-22H2,1-2H3,(H,35,37)(H,39,40). The number of nitrogens with zero attached hydrogens (tertiary/aromatic N) is 3. The van der Waals surface area contributed by atoms with Crippen molar-refractivity contribution in [3.8, 4) is 22.9 Å². The highest BCUT2D eigenvalue weighted by molar-refractivity contribution is 5.69. The van der Waals surface area contributed by atoms with Crippen molar-refractivity contribution in [3.05, 3.63) is 132 Å². The normalized spacial score (nSPS) is 11.7. The van der Waals surface area contributed by atoms with Gasteiger partial charge in [0.25, 0.3) is 0 Å². The van der Waals surface area contributed by atoms with Gasteiger partial charge in [0.1, 0.15) is 11.6 Å². The van der Waals surface area contributed by atoms with E-state index >= 15 is 0 Å². The summed E-state index contributed by atoms with van der Waals surface area (Å²) in [6, 6.07) is 31.8. The third-order valence-electron chi connectivity index (χ3n) is 6.89. The fourth-order valence-corrected chi connectivity index (χ4v) is 4.57. The van der Waals surface area contributed by atoms with Gasteiger partial charge in [0.15, 0.2) is 0 Å². The predicted molar refractivity (Wildman–Crippen MR) is 160 cm³/mol. The molecule has 1 atom stereocenters. The van der Waals surface area contributed by atoms with Crippen molar-refractivity contribution in [1.82, 2.24) is 15.0 Å². The molecule has 206 valence electrons. The van der Waals surface area contributed by atoms with Gasteiger partial charge in [0.05, 0.1) is 12.1 Å². The van der Waals surface area contributed by atoms with E-state index in [1.165, 1.54) is 5.56 Å². The maximum atomic E-state index is 11.8. The van der Waals surface area contributed by atoms with Gasteiger partial charge in [-0.25, -0.2) is 9.97 Å². The number of carbonyl (C=O) groups is 1. The number of ether oxygens (including phenoxy) is 1. The molecule has 7 nitrogen and oxygen atoms in total. The van der Waals surface area contributed by atoms with Crippen LogP contribution in [0.5, 0.6) is 11.8 Å². The molecule has 5 rings (SSSR count). The number of nitrogens with one attached hydrogen (secondary N) is 1. The highest BCUT2D eigenvalue weighted by Crippen LogP contribution is 2.31. The van der Waals surface area contributed by atoms with Crippen molar-refractivity contribution in [2.24, 2.45) is 0 Å². The molecule has 0 aliphatic carbocycles. The molecule has 41 heavy (non-hydrogen) atoms. The number of pyridine rings is 1. The number of aromatic nitrogens is 3. The first-order chi connectivity index (χ1) is 19.9. The number of aliphatic carboxylic acids is 1. The van der Waals surface area contributed by atoms with Crippen LogP contribution in [0, 0.1) is 0 Å². The number of carboxylic acid groups (broad SMARTS) is 1. The van der Waals surface area contributed by atoms with Crippen LogP contribution in [-0.2, 0) is 11.3 Å². The Morgan fingerprint density at radius 1 is 0.805 bits per heavy atom. The first kappa shape index (κ1) is 27.5. The average Bonchev–Trinajstić information content (AvgIpc) is 3.00. The summed E-state index contributed by atoms with van der Waals surface area (Å²) >= 11 is 0. The molecule has 5 aromatic rings. The van der Waals surface area contributed by atoms with Gasteiger partial charge in [-0.3, -0.25) is 4.79 Å². The zero-order valence-electron chi connectivity index (χ0n) is 23.1. The van der Waals surface area contributed by atoms with Gasteiger partial charge in [-0.05, 0) is 64.1 Å². The Morgan fingerprint density at radius 2 is 1.49 bits per heavy atom. The zero-order valence-corrected chi connectivity index (χ0v) is 23.1. The average molecular weight is 545 g/mol. The lowest BCUT2D eigenvalue weighted by Crippen LogP contribution is -2.10. The third-order valence-corrected chi connectivity index (χ3v) is 6.89. The van der Waals surface area contributed by atoms with Crippen LogP contribution in [0.25, 0.3) is 11.1 Å². The lowest BCUT2D eigenvalue weighted by atomic mass is 9.90. The van der Waals surface area contributed by atoms with Crippen molar-refractivity contribution in [3.63, 3.8) is 0 Å². The highest BCUT2D eigenvalue weighted by Gasteiger charge is 2.21. The summed E-state index contributed by atoms with van der Waals surface area (Å²) < 4.78 is 5.93. The van der Waals surface area contributed by atoms with Gasteiger partial charge in [0.2, 0.25) is 0 Å². The van der Waals surface area contributed by atoms with E-state index in [9.17, 15) is 9.90 Å². The molecule has 0 saturated heterocycles. The largest absolute Gasteiger partial charge is 0.481 e. The quantitative estimate of drug-likeness (QED) is 0.176. The Bertz CT molecular complexity index is 1570. The maximum Gasteiger partial charge on any atom is 0.322 e. The van der Waals surface area contributed by atoms with Gasteiger partial charge in [-0.2, -0.15) is 4.98 Å². The lowest BCUT2D eigenvalue weighted by Gasteiger charge is -2.16. The molecule has 1 unspecified atom stereocenters. The Kier molecular flexibility index (Phi) is 8.64. The summed E-state index contributed by atoms with van der Waals surface area (Å²) in [5, 5.41) is 12.9. The van der Waals surface area contributed by atoms with E-state index in [1.807, 2.05) is 66.7 Å². The summed E-state index contributed by atoms with van der Waals surface area (Å²) in [5.74, 6) is 0.522. The number of anilines is 1. The third kappa shape index (κ3) is 7.33. The SMILES string of the molecule is CC(C)c1ccc(-c2ccc(C(CC(=O)O)c3ccnc(Oc4ccc(CNc5ccccn5)cc4)n3)cc2)cc1. The van der Waals surface area contributed by atoms with Gasteiger partial charge in [-0.1, -0.05) is 80.6 Å². The lowest BCUT2D eigenvalue weighted by molar-refractivity contribution is -0.137. The smallest absolute Gasteiger partial charge is 0.322 e. The van der Waals surface area contributed by atoms with Crippen LogP contribution in [0.3, 0.4) is 0 Å². The van der Waals surface area contributed by atoms with E-state index in [0.717, 1.165) is 28.1 Å². The molecule has 0 radical (unpaired) electrons. The first-order valence-electron chi connectivity index (χ1n) is 13.6. The zero-order chi connectivity index (χ0) is 28.6. The Morgan fingerprint density at radius 3 is 2.10 bits per heavy atom. The summed E-state index contributed by atoms with van der Waals surface area (Å²) in [6.45, 7) is 4.98. The molecule has 2 aromatic heterocycles. The van der Waals surface area contributed by atoms with Gasteiger partial charge in [0, 0.05) is 24.9 Å². The molecular weight excluding hydrogens is 512 g/mol. The number of benzene rings is 3. The first-order valence-corrected chi connectivity index (χ1v) is 13.6. The summed E-state index contributed by atoms with van der Waals surface area (Å²) in [5.41, 5.74) is 6.00. The van der Waals surface area contributed by atoms with Crippen LogP contribution in [0.15, 0.2) is 109 Å². The van der Waals surface area contributed by atoms with E-state index in [-0.39, 0.29) is 12.4 Å². The predicted octanol–water partition coefficient (Wildman–Crippen LogP) is 7.67. The minimum Gasteiger partial charge on any atom is -0.481 e. The van der Waals surface area contributed by atoms with Crippen LogP contribution >= 0.6 is 0 Å². The molecule has 7 heteroatoms. The van der Waals surface area contributed by atoms with Gasteiger partial charge in [-0.15, -0.1) is 0 Å². The fourth-order valence-electron chi connectivity index (χ4n) is 4.57. The Hall–Kier alpha value is -5.04. The second kappa shape index (κ2) is 12.9. The number of hydrogen-bond donors (Lipinski definition) is 2. The van der Waals surface area contributed by atoms with E-state index in [0.29, 0.717) is 23.9 Å². The molecular formula is C34H32N4O3. The van der Waals surface area contributed by atoms with E-state index in [4.69, 9.17) is 4.74 Å². The molecule has 0 aliphatic rings. The summed E-state index contributed by atoms with van der Waals surface area (Å²) in [6.07, 6.45) is 3.25. The maximum absolute atomic E-state index is 11.8. The van der Waals surface area contributed by atoms with Crippen molar-refractivity contribution < 1.29 is 14.6 Å². The minimum absolute atomic E-state index is 0.100. The van der Waals surface area contributed by atoms with Crippen LogP contribution < -0.4 is 10.1 Å². The van der Waals surface area contributed by atoms with Gasteiger partial charge >= 0.3 is 12.0 Å². The number of rotatable bonds is 11. The minimum atomic E-state index is -0.903. The molecule has 0 saturated carbocycles. The molecule has 2 N–H and O–H groups in total. The summed E-state index contributed by atoms with van der Waals surface area (Å²) in [4.78, 5) is 24.9. The topological polar surface area (TPSA) is 97.2 Å². The highest BCUT2D eigenvalue weighted by atomic mass is 16.5. The molecule has 0 fully saturated rings. The second-order valence-corrected chi connectivity index (χ2v) is 10.1.